The molecule has 72 heavy (non-hydrogen) atoms. The molecule has 0 saturated carbocycles. The van der Waals surface area contributed by atoms with Crippen LogP contribution in [0.5, 0.6) is 0 Å². The Morgan fingerprint density at radius 2 is 0.667 bits per heavy atom. The van der Waals surface area contributed by atoms with Crippen LogP contribution in [0.25, 0.3) is 66.9 Å². The lowest BCUT2D eigenvalue weighted by Crippen LogP contribution is -2.17. The highest BCUT2D eigenvalue weighted by Crippen LogP contribution is 2.45. The number of anilines is 6. The van der Waals surface area contributed by atoms with Crippen LogP contribution in [0.4, 0.5) is 34.4 Å². The normalized spacial score (nSPS) is 11.2. The minimum Gasteiger partial charge on any atom is -0.309 e. The van der Waals surface area contributed by atoms with E-state index in [0.29, 0.717) is 17.6 Å². The number of rotatable bonds is 11. The molecule has 0 aliphatic carbocycles. The molecule has 1 aromatic heterocycles. The van der Waals surface area contributed by atoms with Gasteiger partial charge in [0.2, 0.25) is 5.95 Å². The largest absolute Gasteiger partial charge is 0.309 e. The van der Waals surface area contributed by atoms with Gasteiger partial charge in [0.15, 0.2) is 11.6 Å². The molecule has 10 aromatic carbocycles. The maximum atomic E-state index is 5.51. The summed E-state index contributed by atoms with van der Waals surface area (Å²) in [5, 5.41) is 2.20. The molecule has 0 radical (unpaired) electrons. The van der Waals surface area contributed by atoms with Gasteiger partial charge in [-0.15, -0.1) is 0 Å². The van der Waals surface area contributed by atoms with E-state index in [2.05, 4.69) is 258 Å². The van der Waals surface area contributed by atoms with Crippen molar-refractivity contribution in [1.29, 1.82) is 0 Å². The zero-order valence-electron chi connectivity index (χ0n) is 41.6. The van der Waals surface area contributed by atoms with E-state index in [-0.39, 0.29) is 0 Å². The number of fused-ring (bicyclic) bond motifs is 1. The Morgan fingerprint density at radius 1 is 0.292 bits per heavy atom. The highest BCUT2D eigenvalue weighted by molar-refractivity contribution is 6.05. The third-order valence-electron chi connectivity index (χ3n) is 13.6. The van der Waals surface area contributed by atoms with E-state index in [1.165, 1.54) is 55.9 Å². The second-order valence-electron chi connectivity index (χ2n) is 18.9. The van der Waals surface area contributed by atoms with Gasteiger partial charge in [0.05, 0.1) is 11.4 Å². The number of aromatic nitrogens is 3. The van der Waals surface area contributed by atoms with E-state index in [1.807, 2.05) is 18.2 Å². The fourth-order valence-corrected chi connectivity index (χ4v) is 10.6. The molecule has 11 rings (SSSR count). The summed E-state index contributed by atoms with van der Waals surface area (Å²) in [6.07, 6.45) is 0. The molecule has 0 unspecified atom stereocenters. The van der Waals surface area contributed by atoms with Gasteiger partial charge in [0.1, 0.15) is 0 Å². The molecule has 348 valence electrons. The quantitative estimate of drug-likeness (QED) is 0.129. The molecule has 5 nitrogen and oxygen atoms in total. The Kier molecular flexibility index (Phi) is 12.3. The first-order valence-corrected chi connectivity index (χ1v) is 24.7. The Balaban J connectivity index is 1.12. The van der Waals surface area contributed by atoms with E-state index >= 15 is 0 Å². The summed E-state index contributed by atoms with van der Waals surface area (Å²) >= 11 is 0. The smallest absolute Gasteiger partial charge is 0.238 e. The first kappa shape index (κ1) is 45.5. The summed E-state index contributed by atoms with van der Waals surface area (Å²) in [7, 11) is 0. The van der Waals surface area contributed by atoms with Crippen molar-refractivity contribution in [3.05, 3.63) is 258 Å². The highest BCUT2D eigenvalue weighted by atomic mass is 15.3. The van der Waals surface area contributed by atoms with Crippen LogP contribution in [0.1, 0.15) is 33.4 Å². The molecule has 1 heterocycles. The second-order valence-corrected chi connectivity index (χ2v) is 18.9. The number of nitrogens with zero attached hydrogens (tertiary/aromatic N) is 5. The average molecular weight is 930 g/mol. The van der Waals surface area contributed by atoms with Crippen molar-refractivity contribution in [3.8, 4) is 56.2 Å². The lowest BCUT2D eigenvalue weighted by Gasteiger charge is -2.32. The molecule has 0 fully saturated rings. The van der Waals surface area contributed by atoms with Crippen molar-refractivity contribution < 1.29 is 0 Å². The van der Waals surface area contributed by atoms with Crippen molar-refractivity contribution in [2.24, 2.45) is 0 Å². The maximum absolute atomic E-state index is 5.51. The van der Waals surface area contributed by atoms with Crippen LogP contribution in [-0.4, -0.2) is 15.0 Å². The Hall–Kier alpha value is -8.93. The van der Waals surface area contributed by atoms with E-state index in [9.17, 15) is 0 Å². The van der Waals surface area contributed by atoms with E-state index in [1.54, 1.807) is 0 Å². The molecule has 0 aliphatic rings. The van der Waals surface area contributed by atoms with Gasteiger partial charge in [-0.25, -0.2) is 4.98 Å². The summed E-state index contributed by atoms with van der Waals surface area (Å²) in [6, 6.07) is 79.7. The SMILES string of the molecule is Cc1cc(C)c(N(c2ccc(N(c3ccc(-c4ccccc4-c4ccccc4)cc3)c3nc(-c4ccccc4)nc(-c4cccc5cccc(-c6ccccc6)c45)n3)cc2)c2c(C)cc(C)cc2C)c(C)c1. The van der Waals surface area contributed by atoms with Crippen molar-refractivity contribution in [2.45, 2.75) is 41.5 Å². The topological polar surface area (TPSA) is 45.2 Å². The van der Waals surface area contributed by atoms with Gasteiger partial charge in [0, 0.05) is 33.6 Å². The van der Waals surface area contributed by atoms with Gasteiger partial charge in [-0.3, -0.25) is 4.90 Å². The van der Waals surface area contributed by atoms with E-state index in [0.717, 1.165) is 61.2 Å². The van der Waals surface area contributed by atoms with Crippen LogP contribution in [0.3, 0.4) is 0 Å². The summed E-state index contributed by atoms with van der Waals surface area (Å²) in [5.41, 5.74) is 21.3. The molecule has 0 aliphatic heterocycles. The van der Waals surface area contributed by atoms with Crippen molar-refractivity contribution in [1.82, 2.24) is 15.0 Å². The van der Waals surface area contributed by atoms with Crippen LogP contribution < -0.4 is 9.80 Å². The van der Waals surface area contributed by atoms with Gasteiger partial charge in [0.25, 0.3) is 0 Å². The zero-order valence-corrected chi connectivity index (χ0v) is 41.6. The molecule has 0 spiro atoms. The summed E-state index contributed by atoms with van der Waals surface area (Å²) in [6.45, 7) is 13.2. The van der Waals surface area contributed by atoms with Gasteiger partial charge in [-0.1, -0.05) is 199 Å². The molecule has 5 heteroatoms. The molecule has 0 bridgehead atoms. The summed E-state index contributed by atoms with van der Waals surface area (Å²) in [4.78, 5) is 20.8. The monoisotopic (exact) mass is 929 g/mol. The Morgan fingerprint density at radius 3 is 1.17 bits per heavy atom. The highest BCUT2D eigenvalue weighted by Gasteiger charge is 2.25. The minimum absolute atomic E-state index is 0.505. The summed E-state index contributed by atoms with van der Waals surface area (Å²) in [5.74, 6) is 1.68. The molecule has 0 atom stereocenters. The lowest BCUT2D eigenvalue weighted by atomic mass is 9.94. The third kappa shape index (κ3) is 8.82. The standard InChI is InChI=1S/C67H55N5/c1-44-40-46(3)63(47(4)41-44)72(64-48(5)42-45(2)43-49(64)6)57-38-36-56(37-39-57)71(55-34-32-52(33-35-55)59-29-17-16-28-58(59)50-20-10-7-11-21-50)67-69-65(54-24-14-9-15-25-54)68-66(70-67)61-31-19-27-53-26-18-30-60(62(53)61)51-22-12-8-13-23-51/h7-43H,1-6H3. The van der Waals surface area contributed by atoms with Crippen LogP contribution in [0.2, 0.25) is 0 Å². The van der Waals surface area contributed by atoms with Crippen LogP contribution in [0.15, 0.2) is 224 Å². The Labute approximate surface area is 423 Å². The van der Waals surface area contributed by atoms with Crippen LogP contribution in [0, 0.1) is 41.5 Å². The van der Waals surface area contributed by atoms with Crippen LogP contribution in [-0.2, 0) is 0 Å². The van der Waals surface area contributed by atoms with Crippen molar-refractivity contribution >= 4 is 45.2 Å². The minimum atomic E-state index is 0.505. The maximum Gasteiger partial charge on any atom is 0.238 e. The van der Waals surface area contributed by atoms with E-state index < -0.39 is 0 Å². The van der Waals surface area contributed by atoms with Gasteiger partial charge < -0.3 is 4.90 Å². The van der Waals surface area contributed by atoms with Crippen LogP contribution >= 0.6 is 0 Å². The number of hydrogen-bond donors (Lipinski definition) is 0. The molecule has 0 saturated heterocycles. The fourth-order valence-electron chi connectivity index (χ4n) is 10.6. The Bertz CT molecular complexity index is 3630. The summed E-state index contributed by atoms with van der Waals surface area (Å²) < 4.78 is 0. The molecule has 0 amide bonds. The predicted octanol–water partition coefficient (Wildman–Crippen LogP) is 18.1. The predicted molar refractivity (Wildman–Crippen MR) is 302 cm³/mol. The van der Waals surface area contributed by atoms with Gasteiger partial charge >= 0.3 is 0 Å². The molecule has 11 aromatic rings. The molecule has 0 N–H and O–H groups in total. The average Bonchev–Trinajstić information content (AvgIpc) is 3.41. The van der Waals surface area contributed by atoms with Gasteiger partial charge in [-0.05, 0) is 139 Å². The number of aryl methyl sites for hydroxylation is 6. The third-order valence-corrected chi connectivity index (χ3v) is 13.6. The zero-order chi connectivity index (χ0) is 49.3. The lowest BCUT2D eigenvalue weighted by molar-refractivity contribution is 1.02. The number of benzene rings is 10. The molecular weight excluding hydrogens is 875 g/mol. The molecular formula is C67H55N5. The first-order valence-electron chi connectivity index (χ1n) is 24.7. The van der Waals surface area contributed by atoms with Crippen molar-refractivity contribution in [2.75, 3.05) is 9.80 Å². The van der Waals surface area contributed by atoms with E-state index in [4.69, 9.17) is 15.0 Å². The number of hydrogen-bond acceptors (Lipinski definition) is 5. The van der Waals surface area contributed by atoms with Crippen molar-refractivity contribution in [3.63, 3.8) is 0 Å². The second kappa shape index (κ2) is 19.5. The first-order chi connectivity index (χ1) is 35.2. The fraction of sp³-hybridized carbons (Fsp3) is 0.0896. The van der Waals surface area contributed by atoms with Gasteiger partial charge in [-0.2, -0.15) is 9.97 Å².